The van der Waals surface area contributed by atoms with Gasteiger partial charge < -0.3 is 36.1 Å². The van der Waals surface area contributed by atoms with E-state index in [2.05, 4.69) is 10.6 Å². The van der Waals surface area contributed by atoms with Crippen molar-refractivity contribution in [2.75, 3.05) is 39.5 Å². The first kappa shape index (κ1) is 21.8. The third-order valence-corrected chi connectivity index (χ3v) is 2.48. The summed E-state index contributed by atoms with van der Waals surface area (Å²) in [5.41, 5.74) is 5.68. The van der Waals surface area contributed by atoms with Crippen LogP contribution in [0.2, 0.25) is 0 Å². The van der Waals surface area contributed by atoms with E-state index < -0.39 is 31.2 Å². The van der Waals surface area contributed by atoms with Gasteiger partial charge in [-0.15, -0.1) is 0 Å². The number of carbonyl (C=O) groups excluding carboxylic acids is 2. The van der Waals surface area contributed by atoms with Crippen molar-refractivity contribution in [2.45, 2.75) is 18.9 Å². The first-order valence-corrected chi connectivity index (χ1v) is 7.19. The summed E-state index contributed by atoms with van der Waals surface area (Å²) in [6, 6.07) is -0.676. The molecule has 0 unspecified atom stereocenters. The van der Waals surface area contributed by atoms with E-state index in [0.29, 0.717) is 0 Å². The molecule has 6 N–H and O–H groups in total. The van der Waals surface area contributed by atoms with Gasteiger partial charge in [-0.3, -0.25) is 9.59 Å². The van der Waals surface area contributed by atoms with Crippen LogP contribution in [0.25, 0.3) is 0 Å². The van der Waals surface area contributed by atoms with Gasteiger partial charge in [0.25, 0.3) is 0 Å². The maximum absolute atomic E-state index is 11.5. The second-order valence-electron chi connectivity index (χ2n) is 4.76. The first-order valence-electron chi connectivity index (χ1n) is 7.19. The fraction of sp³-hybridized carbons (Fsp3) is 0.692. The first-order chi connectivity index (χ1) is 11.3. The van der Waals surface area contributed by atoms with Gasteiger partial charge in [0.05, 0.1) is 13.2 Å². The maximum atomic E-state index is 11.5. The SMILES string of the molecule is NC(CC(=O)NCCOCC(=O)O)CC(=O)NCCOCC(=O)O. The molecule has 0 radical (unpaired) electrons. The Kier molecular flexibility index (Phi) is 12.0. The van der Waals surface area contributed by atoms with Crippen LogP contribution in [-0.2, 0) is 28.7 Å². The molecule has 24 heavy (non-hydrogen) atoms. The normalized spacial score (nSPS) is 10.4. The predicted octanol–water partition coefficient (Wildman–Crippen LogP) is -2.47. The van der Waals surface area contributed by atoms with Gasteiger partial charge in [0.2, 0.25) is 11.8 Å². The number of ether oxygens (including phenoxy) is 2. The minimum absolute atomic E-state index is 0.0596. The van der Waals surface area contributed by atoms with Crippen molar-refractivity contribution >= 4 is 23.8 Å². The zero-order chi connectivity index (χ0) is 18.4. The Morgan fingerprint density at radius 2 is 1.21 bits per heavy atom. The lowest BCUT2D eigenvalue weighted by molar-refractivity contribution is -0.143. The number of carboxylic acids is 2. The molecule has 0 aliphatic heterocycles. The summed E-state index contributed by atoms with van der Waals surface area (Å²) in [4.78, 5) is 43.4. The van der Waals surface area contributed by atoms with Gasteiger partial charge >= 0.3 is 11.9 Å². The number of carbonyl (C=O) groups is 4. The second-order valence-corrected chi connectivity index (χ2v) is 4.76. The Labute approximate surface area is 138 Å². The summed E-state index contributed by atoms with van der Waals surface area (Å²) in [7, 11) is 0. The quantitative estimate of drug-likeness (QED) is 0.212. The van der Waals surface area contributed by atoms with Crippen LogP contribution >= 0.6 is 0 Å². The van der Waals surface area contributed by atoms with Crippen molar-refractivity contribution in [2.24, 2.45) is 5.73 Å². The molecule has 138 valence electrons. The van der Waals surface area contributed by atoms with Gasteiger partial charge in [-0.1, -0.05) is 0 Å². The molecule has 0 aromatic heterocycles. The van der Waals surface area contributed by atoms with E-state index in [1.54, 1.807) is 0 Å². The standard InChI is InChI=1S/C13H23N3O8/c14-9(5-10(17)15-1-3-23-7-12(19)20)6-11(18)16-2-4-24-8-13(21)22/h9H,1-8,14H2,(H,15,17)(H,16,18)(H,19,20)(H,21,22). The van der Waals surface area contributed by atoms with Crippen LogP contribution in [0.15, 0.2) is 0 Å². The van der Waals surface area contributed by atoms with Gasteiger partial charge in [0, 0.05) is 32.0 Å². The number of hydrogen-bond donors (Lipinski definition) is 5. The smallest absolute Gasteiger partial charge is 0.329 e. The van der Waals surface area contributed by atoms with Gasteiger partial charge in [0.15, 0.2) is 0 Å². The molecular formula is C13H23N3O8. The highest BCUT2D eigenvalue weighted by molar-refractivity contribution is 5.80. The number of hydrogen-bond acceptors (Lipinski definition) is 7. The maximum Gasteiger partial charge on any atom is 0.329 e. The lowest BCUT2D eigenvalue weighted by Crippen LogP contribution is -2.38. The number of aliphatic carboxylic acids is 2. The van der Waals surface area contributed by atoms with Crippen molar-refractivity contribution < 1.29 is 38.9 Å². The predicted molar refractivity (Wildman–Crippen MR) is 80.1 cm³/mol. The number of nitrogens with two attached hydrogens (primary N) is 1. The van der Waals surface area contributed by atoms with E-state index in [4.69, 9.17) is 25.4 Å². The molecule has 0 saturated heterocycles. The number of nitrogens with one attached hydrogen (secondary N) is 2. The number of amides is 2. The molecule has 0 aromatic rings. The van der Waals surface area contributed by atoms with E-state index in [1.807, 2.05) is 0 Å². The third kappa shape index (κ3) is 14.7. The molecule has 0 aliphatic carbocycles. The largest absolute Gasteiger partial charge is 0.480 e. The molecule has 0 aromatic carbocycles. The van der Waals surface area contributed by atoms with Crippen LogP contribution in [0.3, 0.4) is 0 Å². The zero-order valence-electron chi connectivity index (χ0n) is 13.2. The monoisotopic (exact) mass is 349 g/mol. The Hall–Kier alpha value is -2.24. The molecule has 11 heteroatoms. The van der Waals surface area contributed by atoms with E-state index in [-0.39, 0.29) is 51.0 Å². The Morgan fingerprint density at radius 1 is 0.833 bits per heavy atom. The van der Waals surface area contributed by atoms with Gasteiger partial charge in [-0.2, -0.15) is 0 Å². The van der Waals surface area contributed by atoms with Crippen molar-refractivity contribution in [3.8, 4) is 0 Å². The van der Waals surface area contributed by atoms with E-state index in [9.17, 15) is 19.2 Å². The van der Waals surface area contributed by atoms with Crippen molar-refractivity contribution in [3.05, 3.63) is 0 Å². The topological polar surface area (TPSA) is 177 Å². The van der Waals surface area contributed by atoms with Crippen molar-refractivity contribution in [3.63, 3.8) is 0 Å². The molecule has 0 rings (SSSR count). The van der Waals surface area contributed by atoms with Crippen LogP contribution in [-0.4, -0.2) is 79.5 Å². The fourth-order valence-corrected chi connectivity index (χ4v) is 1.54. The highest BCUT2D eigenvalue weighted by Crippen LogP contribution is 1.95. The molecule has 2 amide bonds. The molecule has 11 nitrogen and oxygen atoms in total. The molecule has 0 heterocycles. The van der Waals surface area contributed by atoms with Crippen molar-refractivity contribution in [1.82, 2.24) is 10.6 Å². The molecular weight excluding hydrogens is 326 g/mol. The van der Waals surface area contributed by atoms with E-state index >= 15 is 0 Å². The highest BCUT2D eigenvalue weighted by atomic mass is 16.5. The van der Waals surface area contributed by atoms with Crippen LogP contribution in [0.1, 0.15) is 12.8 Å². The van der Waals surface area contributed by atoms with Crippen LogP contribution < -0.4 is 16.4 Å². The molecule has 0 atom stereocenters. The van der Waals surface area contributed by atoms with Gasteiger partial charge in [-0.05, 0) is 0 Å². The van der Waals surface area contributed by atoms with Gasteiger partial charge in [-0.25, -0.2) is 9.59 Å². The molecule has 0 aliphatic rings. The summed E-state index contributed by atoms with van der Waals surface area (Å²) in [5.74, 6) is -2.94. The molecule has 0 spiro atoms. The van der Waals surface area contributed by atoms with E-state index in [1.165, 1.54) is 0 Å². The number of carboxylic acid groups (broad SMARTS) is 2. The van der Waals surface area contributed by atoms with Crippen LogP contribution in [0, 0.1) is 0 Å². The summed E-state index contributed by atoms with van der Waals surface area (Å²) in [6.45, 7) is -0.469. The average molecular weight is 349 g/mol. The fourth-order valence-electron chi connectivity index (χ4n) is 1.54. The van der Waals surface area contributed by atoms with E-state index in [0.717, 1.165) is 0 Å². The van der Waals surface area contributed by atoms with Crippen LogP contribution in [0.4, 0.5) is 0 Å². The minimum atomic E-state index is -1.09. The summed E-state index contributed by atoms with van der Waals surface area (Å²) in [5, 5.41) is 21.7. The molecule has 0 fully saturated rings. The van der Waals surface area contributed by atoms with Crippen LogP contribution in [0.5, 0.6) is 0 Å². The lowest BCUT2D eigenvalue weighted by atomic mass is 10.1. The minimum Gasteiger partial charge on any atom is -0.480 e. The number of rotatable bonds is 14. The third-order valence-electron chi connectivity index (χ3n) is 2.48. The highest BCUT2D eigenvalue weighted by Gasteiger charge is 2.13. The Balaban J connectivity index is 3.66. The second kappa shape index (κ2) is 13.2. The molecule has 0 saturated carbocycles. The zero-order valence-corrected chi connectivity index (χ0v) is 13.2. The Morgan fingerprint density at radius 3 is 1.54 bits per heavy atom. The lowest BCUT2D eigenvalue weighted by Gasteiger charge is -2.12. The molecule has 0 bridgehead atoms. The summed E-state index contributed by atoms with van der Waals surface area (Å²) in [6.07, 6.45) is -0.135. The Bertz CT molecular complexity index is 391. The summed E-state index contributed by atoms with van der Waals surface area (Å²) < 4.78 is 9.47. The average Bonchev–Trinajstić information content (AvgIpc) is 2.45. The van der Waals surface area contributed by atoms with Gasteiger partial charge in [0.1, 0.15) is 13.2 Å². The van der Waals surface area contributed by atoms with Crippen molar-refractivity contribution in [1.29, 1.82) is 0 Å². The summed E-state index contributed by atoms with van der Waals surface area (Å²) >= 11 is 0.